The van der Waals surface area contributed by atoms with Gasteiger partial charge in [-0.05, 0) is 70.4 Å². The molecule has 0 heterocycles. The van der Waals surface area contributed by atoms with Crippen LogP contribution in [0.2, 0.25) is 0 Å². The summed E-state index contributed by atoms with van der Waals surface area (Å²) in [6.07, 6.45) is 2.35. The third kappa shape index (κ3) is 9.39. The molecule has 0 spiro atoms. The number of carbonyl (C=O) groups is 2. The van der Waals surface area contributed by atoms with Crippen molar-refractivity contribution in [3.63, 3.8) is 0 Å². The molecule has 0 saturated carbocycles. The first-order valence-electron chi connectivity index (χ1n) is 12.8. The molecule has 0 aromatic heterocycles. The average molecular weight is 532 g/mol. The van der Waals surface area contributed by atoms with Gasteiger partial charge in [-0.2, -0.15) is 0 Å². The Bertz CT molecular complexity index is 1130. The molecule has 9 heteroatoms. The number of rotatable bonds is 14. The molecule has 2 rings (SSSR count). The first-order valence-corrected chi connectivity index (χ1v) is 14.7. The standard InChI is InChI=1S/C28H41N3O5S/c1-7-22(4)29-28(33)23(5)30(20-24-12-9-11-21(3)19-24)27(32)13-10-18-31(37(6,34)35)25-14-16-26(17-15-25)36-8-2/h9,11-12,14-17,19,22-23H,7-8,10,13,18,20H2,1-6H3,(H,29,33)/t22-,23+/m0/s1. The fourth-order valence-electron chi connectivity index (χ4n) is 3.93. The number of benzene rings is 2. The van der Waals surface area contributed by atoms with Gasteiger partial charge in [0.25, 0.3) is 0 Å². The number of ether oxygens (including phenoxy) is 1. The van der Waals surface area contributed by atoms with Gasteiger partial charge in [0.1, 0.15) is 11.8 Å². The van der Waals surface area contributed by atoms with Crippen molar-refractivity contribution in [2.75, 3.05) is 23.7 Å². The van der Waals surface area contributed by atoms with Gasteiger partial charge in [-0.25, -0.2) is 8.42 Å². The van der Waals surface area contributed by atoms with Crippen molar-refractivity contribution in [2.24, 2.45) is 0 Å². The molecule has 1 N–H and O–H groups in total. The van der Waals surface area contributed by atoms with Crippen LogP contribution in [-0.4, -0.2) is 56.6 Å². The fourth-order valence-corrected chi connectivity index (χ4v) is 4.90. The van der Waals surface area contributed by atoms with Gasteiger partial charge in [0.05, 0.1) is 18.6 Å². The van der Waals surface area contributed by atoms with Crippen molar-refractivity contribution in [3.8, 4) is 5.75 Å². The van der Waals surface area contributed by atoms with E-state index in [9.17, 15) is 18.0 Å². The van der Waals surface area contributed by atoms with E-state index in [2.05, 4.69) is 5.32 Å². The summed E-state index contributed by atoms with van der Waals surface area (Å²) in [4.78, 5) is 27.8. The summed E-state index contributed by atoms with van der Waals surface area (Å²) in [5.41, 5.74) is 2.51. The van der Waals surface area contributed by atoms with Crippen LogP contribution >= 0.6 is 0 Å². The average Bonchev–Trinajstić information content (AvgIpc) is 2.84. The van der Waals surface area contributed by atoms with Gasteiger partial charge in [-0.3, -0.25) is 13.9 Å². The van der Waals surface area contributed by atoms with E-state index in [1.54, 1.807) is 36.1 Å². The SMILES string of the molecule is CCOc1ccc(N(CCCC(=O)N(Cc2cccc(C)c2)[C@H](C)C(=O)N[C@@H](C)CC)S(C)(=O)=O)cc1. The molecule has 8 nitrogen and oxygen atoms in total. The zero-order valence-electron chi connectivity index (χ0n) is 22.9. The van der Waals surface area contributed by atoms with E-state index in [1.165, 1.54) is 4.31 Å². The van der Waals surface area contributed by atoms with Crippen LogP contribution in [0.15, 0.2) is 48.5 Å². The van der Waals surface area contributed by atoms with Gasteiger partial charge in [0.2, 0.25) is 21.8 Å². The minimum Gasteiger partial charge on any atom is -0.494 e. The number of nitrogens with one attached hydrogen (secondary N) is 1. The molecular weight excluding hydrogens is 490 g/mol. The van der Waals surface area contributed by atoms with E-state index >= 15 is 0 Å². The number of amides is 2. The molecule has 0 aliphatic heterocycles. The second-order valence-electron chi connectivity index (χ2n) is 9.37. The van der Waals surface area contributed by atoms with E-state index in [0.29, 0.717) is 31.0 Å². The van der Waals surface area contributed by atoms with Crippen molar-refractivity contribution in [1.29, 1.82) is 0 Å². The Morgan fingerprint density at radius 3 is 2.30 bits per heavy atom. The zero-order valence-corrected chi connectivity index (χ0v) is 23.7. The molecule has 2 aromatic rings. The Balaban J connectivity index is 2.16. The molecule has 2 amide bonds. The summed E-state index contributed by atoms with van der Waals surface area (Å²) in [6, 6.07) is 14.0. The monoisotopic (exact) mass is 531 g/mol. The number of nitrogens with zero attached hydrogens (tertiary/aromatic N) is 2. The quantitative estimate of drug-likeness (QED) is 0.393. The normalized spacial score (nSPS) is 12.9. The number of sulfonamides is 1. The highest BCUT2D eigenvalue weighted by Crippen LogP contribution is 2.22. The van der Waals surface area contributed by atoms with Crippen molar-refractivity contribution in [2.45, 2.75) is 72.5 Å². The van der Waals surface area contributed by atoms with Crippen molar-refractivity contribution < 1.29 is 22.7 Å². The molecule has 0 aliphatic carbocycles. The Labute approximate surface area is 222 Å². The number of carbonyl (C=O) groups excluding carboxylic acids is 2. The largest absolute Gasteiger partial charge is 0.494 e. The molecule has 0 fully saturated rings. The van der Waals surface area contributed by atoms with Gasteiger partial charge < -0.3 is 15.0 Å². The van der Waals surface area contributed by atoms with Crippen molar-refractivity contribution >= 4 is 27.5 Å². The van der Waals surface area contributed by atoms with Crippen LogP contribution in [0, 0.1) is 6.92 Å². The van der Waals surface area contributed by atoms with Crippen LogP contribution in [0.1, 0.15) is 58.1 Å². The third-order valence-electron chi connectivity index (χ3n) is 6.19. The first-order chi connectivity index (χ1) is 17.5. The maximum Gasteiger partial charge on any atom is 0.242 e. The Hall–Kier alpha value is -3.07. The van der Waals surface area contributed by atoms with E-state index in [-0.39, 0.29) is 30.8 Å². The summed E-state index contributed by atoms with van der Waals surface area (Å²) >= 11 is 0. The molecule has 37 heavy (non-hydrogen) atoms. The summed E-state index contributed by atoms with van der Waals surface area (Å²) in [5, 5.41) is 2.96. The number of hydrogen-bond acceptors (Lipinski definition) is 5. The van der Waals surface area contributed by atoms with Crippen LogP contribution < -0.4 is 14.4 Å². The highest BCUT2D eigenvalue weighted by atomic mass is 32.2. The lowest BCUT2D eigenvalue weighted by Crippen LogP contribution is -2.49. The van der Waals surface area contributed by atoms with Crippen molar-refractivity contribution in [3.05, 3.63) is 59.7 Å². The Kier molecular flexibility index (Phi) is 11.4. The molecule has 0 saturated heterocycles. The minimum atomic E-state index is -3.56. The predicted octanol–water partition coefficient (Wildman–Crippen LogP) is 4.27. The summed E-state index contributed by atoms with van der Waals surface area (Å²) < 4.78 is 31.7. The third-order valence-corrected chi connectivity index (χ3v) is 7.39. The van der Waals surface area contributed by atoms with Gasteiger partial charge in [0, 0.05) is 25.6 Å². The van der Waals surface area contributed by atoms with E-state index in [1.807, 2.05) is 52.0 Å². The molecule has 0 bridgehead atoms. The van der Waals surface area contributed by atoms with E-state index in [0.717, 1.165) is 23.8 Å². The Morgan fingerprint density at radius 1 is 1.05 bits per heavy atom. The maximum absolute atomic E-state index is 13.4. The van der Waals surface area contributed by atoms with Crippen LogP contribution in [-0.2, 0) is 26.2 Å². The highest BCUT2D eigenvalue weighted by Gasteiger charge is 2.27. The second-order valence-corrected chi connectivity index (χ2v) is 11.3. The number of hydrogen-bond donors (Lipinski definition) is 1. The molecular formula is C28H41N3O5S. The van der Waals surface area contributed by atoms with Crippen LogP contribution in [0.25, 0.3) is 0 Å². The van der Waals surface area contributed by atoms with Crippen LogP contribution in [0.4, 0.5) is 5.69 Å². The van der Waals surface area contributed by atoms with Gasteiger partial charge in [-0.15, -0.1) is 0 Å². The molecule has 0 radical (unpaired) electrons. The molecule has 0 aliphatic rings. The fraction of sp³-hybridized carbons (Fsp3) is 0.500. The summed E-state index contributed by atoms with van der Waals surface area (Å²) in [7, 11) is -3.56. The predicted molar refractivity (Wildman–Crippen MR) is 148 cm³/mol. The van der Waals surface area contributed by atoms with E-state index < -0.39 is 16.1 Å². The maximum atomic E-state index is 13.4. The topological polar surface area (TPSA) is 96.0 Å². The first kappa shape index (κ1) is 30.2. The van der Waals surface area contributed by atoms with E-state index in [4.69, 9.17) is 4.74 Å². The van der Waals surface area contributed by atoms with Crippen LogP contribution in [0.3, 0.4) is 0 Å². The lowest BCUT2D eigenvalue weighted by Gasteiger charge is -2.30. The molecule has 2 atom stereocenters. The van der Waals surface area contributed by atoms with Gasteiger partial charge >= 0.3 is 0 Å². The molecule has 2 aromatic carbocycles. The number of anilines is 1. The highest BCUT2D eigenvalue weighted by molar-refractivity contribution is 7.92. The lowest BCUT2D eigenvalue weighted by molar-refractivity contribution is -0.140. The zero-order chi connectivity index (χ0) is 27.6. The van der Waals surface area contributed by atoms with Crippen molar-refractivity contribution in [1.82, 2.24) is 10.2 Å². The summed E-state index contributed by atoms with van der Waals surface area (Å²) in [5.74, 6) is 0.252. The van der Waals surface area contributed by atoms with Gasteiger partial charge in [0.15, 0.2) is 0 Å². The second kappa shape index (κ2) is 14.0. The number of aryl methyl sites for hydroxylation is 1. The smallest absolute Gasteiger partial charge is 0.242 e. The minimum absolute atomic E-state index is 0.00306. The van der Waals surface area contributed by atoms with Gasteiger partial charge in [-0.1, -0.05) is 36.8 Å². The molecule has 204 valence electrons. The van der Waals surface area contributed by atoms with Crippen LogP contribution in [0.5, 0.6) is 5.75 Å². The summed E-state index contributed by atoms with van der Waals surface area (Å²) in [6.45, 7) is 10.5. The molecule has 0 unspecified atom stereocenters. The lowest BCUT2D eigenvalue weighted by atomic mass is 10.1. The Morgan fingerprint density at radius 2 is 1.73 bits per heavy atom.